The van der Waals surface area contributed by atoms with Crippen LogP contribution in [0, 0.1) is 5.92 Å². The molecule has 6 heteroatoms. The molecule has 1 heterocycles. The van der Waals surface area contributed by atoms with Crippen molar-refractivity contribution in [2.45, 2.75) is 31.5 Å². The molecule has 0 amide bonds. The first-order valence-corrected chi connectivity index (χ1v) is 6.76. The number of hydrogen-bond acceptors (Lipinski definition) is 6. The average molecular weight is 239 g/mol. The van der Waals surface area contributed by atoms with Crippen LogP contribution in [-0.2, 0) is 0 Å². The summed E-state index contributed by atoms with van der Waals surface area (Å²) in [7, 11) is 0. The average Bonchev–Trinajstić information content (AvgIpc) is 2.94. The Morgan fingerprint density at radius 1 is 1.31 bits per heavy atom. The zero-order chi connectivity index (χ0) is 11.5. The summed E-state index contributed by atoms with van der Waals surface area (Å²) in [4.78, 5) is 12.9. The quantitative estimate of drug-likeness (QED) is 0.765. The van der Waals surface area contributed by atoms with Gasteiger partial charge in [-0.3, -0.25) is 0 Å². The number of thioether (sulfide) groups is 1. The molecule has 0 aromatic carbocycles. The third kappa shape index (κ3) is 2.75. The van der Waals surface area contributed by atoms with Crippen LogP contribution in [0.15, 0.2) is 5.16 Å². The molecular formula is C10H17N5S. The van der Waals surface area contributed by atoms with Gasteiger partial charge in [0.25, 0.3) is 0 Å². The molecule has 2 rings (SSSR count). The van der Waals surface area contributed by atoms with Gasteiger partial charge in [-0.2, -0.15) is 15.0 Å². The van der Waals surface area contributed by atoms with E-state index in [-0.39, 0.29) is 0 Å². The van der Waals surface area contributed by atoms with Crippen molar-refractivity contribution in [1.29, 1.82) is 0 Å². The summed E-state index contributed by atoms with van der Waals surface area (Å²) < 4.78 is 0. The van der Waals surface area contributed by atoms with Crippen LogP contribution < -0.4 is 10.6 Å². The molecule has 1 aromatic rings. The first-order chi connectivity index (χ1) is 7.72. The zero-order valence-electron chi connectivity index (χ0n) is 9.82. The lowest BCUT2D eigenvalue weighted by atomic mass is 10.5. The Hall–Kier alpha value is -1.04. The minimum atomic E-state index is 0.534. The Bertz CT molecular complexity index is 370. The molecule has 88 valence electrons. The van der Waals surface area contributed by atoms with Gasteiger partial charge in [0.15, 0.2) is 5.16 Å². The Morgan fingerprint density at radius 2 is 2.00 bits per heavy atom. The van der Waals surface area contributed by atoms with E-state index in [0.29, 0.717) is 17.9 Å². The Labute approximate surface area is 99.9 Å². The summed E-state index contributed by atoms with van der Waals surface area (Å²) in [6, 6.07) is 0.534. The van der Waals surface area contributed by atoms with E-state index in [1.54, 1.807) is 0 Å². The van der Waals surface area contributed by atoms with Crippen LogP contribution >= 0.6 is 11.8 Å². The van der Waals surface area contributed by atoms with Crippen molar-refractivity contribution in [3.05, 3.63) is 0 Å². The van der Waals surface area contributed by atoms with Gasteiger partial charge >= 0.3 is 0 Å². The van der Waals surface area contributed by atoms with Gasteiger partial charge < -0.3 is 10.6 Å². The fourth-order valence-corrected chi connectivity index (χ4v) is 1.79. The van der Waals surface area contributed by atoms with Gasteiger partial charge in [-0.15, -0.1) is 0 Å². The highest BCUT2D eigenvalue weighted by atomic mass is 32.2. The summed E-state index contributed by atoms with van der Waals surface area (Å²) in [5, 5.41) is 7.19. The number of aromatic nitrogens is 3. The van der Waals surface area contributed by atoms with E-state index in [0.717, 1.165) is 17.6 Å². The van der Waals surface area contributed by atoms with E-state index >= 15 is 0 Å². The molecule has 1 aromatic heterocycles. The summed E-state index contributed by atoms with van der Waals surface area (Å²) in [6.45, 7) is 5.06. The molecule has 1 aliphatic carbocycles. The molecule has 0 aliphatic heterocycles. The lowest BCUT2D eigenvalue weighted by molar-refractivity contribution is 0.867. The third-order valence-electron chi connectivity index (χ3n) is 2.56. The van der Waals surface area contributed by atoms with Crippen LogP contribution in [0.3, 0.4) is 0 Å². The highest BCUT2D eigenvalue weighted by Crippen LogP contribution is 2.32. The molecule has 2 N–H and O–H groups in total. The molecule has 5 nitrogen and oxygen atoms in total. The predicted octanol–water partition coefficient (Wildman–Crippen LogP) is 1.85. The lowest BCUT2D eigenvalue weighted by Crippen LogP contribution is -2.11. The van der Waals surface area contributed by atoms with Crippen LogP contribution in [0.2, 0.25) is 0 Å². The highest BCUT2D eigenvalue weighted by molar-refractivity contribution is 7.98. The first-order valence-electron chi connectivity index (χ1n) is 5.53. The monoisotopic (exact) mass is 239 g/mol. The second kappa shape index (κ2) is 4.86. The van der Waals surface area contributed by atoms with Gasteiger partial charge in [0.2, 0.25) is 11.9 Å². The van der Waals surface area contributed by atoms with Gasteiger partial charge in [-0.25, -0.2) is 0 Å². The normalized spacial score (nSPS) is 22.9. The van der Waals surface area contributed by atoms with E-state index in [1.807, 2.05) is 13.2 Å². The van der Waals surface area contributed by atoms with Crippen molar-refractivity contribution in [3.63, 3.8) is 0 Å². The van der Waals surface area contributed by atoms with Crippen molar-refractivity contribution in [3.8, 4) is 0 Å². The van der Waals surface area contributed by atoms with Crippen LogP contribution in [0.25, 0.3) is 0 Å². The standard InChI is InChI=1S/C10H17N5S/c1-4-11-8-13-9(12-7-5-6(7)2)15-10(14-8)16-3/h6-7H,4-5H2,1-3H3,(H2,11,12,13,14,15). The summed E-state index contributed by atoms with van der Waals surface area (Å²) in [5.41, 5.74) is 0. The van der Waals surface area contributed by atoms with E-state index < -0.39 is 0 Å². The van der Waals surface area contributed by atoms with E-state index in [9.17, 15) is 0 Å². The maximum Gasteiger partial charge on any atom is 0.228 e. The lowest BCUT2D eigenvalue weighted by Gasteiger charge is -2.07. The van der Waals surface area contributed by atoms with Crippen molar-refractivity contribution in [1.82, 2.24) is 15.0 Å². The maximum absolute atomic E-state index is 4.34. The minimum Gasteiger partial charge on any atom is -0.354 e. The Balaban J connectivity index is 2.12. The highest BCUT2D eigenvalue weighted by Gasteiger charge is 2.33. The summed E-state index contributed by atoms with van der Waals surface area (Å²) in [5.74, 6) is 2.07. The van der Waals surface area contributed by atoms with Crippen molar-refractivity contribution >= 4 is 23.7 Å². The molecular weight excluding hydrogens is 222 g/mol. The number of nitrogens with one attached hydrogen (secondary N) is 2. The second-order valence-electron chi connectivity index (χ2n) is 3.96. The largest absolute Gasteiger partial charge is 0.354 e. The maximum atomic E-state index is 4.34. The minimum absolute atomic E-state index is 0.534. The number of hydrogen-bond donors (Lipinski definition) is 2. The van der Waals surface area contributed by atoms with Gasteiger partial charge in [0.05, 0.1) is 0 Å². The molecule has 2 atom stereocenters. The van der Waals surface area contributed by atoms with Crippen molar-refractivity contribution in [2.75, 3.05) is 23.4 Å². The SMILES string of the molecule is CCNc1nc(NC2CC2C)nc(SC)n1. The molecule has 16 heavy (non-hydrogen) atoms. The van der Waals surface area contributed by atoms with E-state index in [1.165, 1.54) is 18.2 Å². The topological polar surface area (TPSA) is 62.7 Å². The molecule has 0 saturated heterocycles. The van der Waals surface area contributed by atoms with Gasteiger partial charge in [-0.1, -0.05) is 18.7 Å². The molecule has 2 unspecified atom stereocenters. The number of rotatable bonds is 5. The predicted molar refractivity (Wildman–Crippen MR) is 67.0 cm³/mol. The molecule has 0 bridgehead atoms. The summed E-state index contributed by atoms with van der Waals surface area (Å²) in [6.07, 6.45) is 3.17. The van der Waals surface area contributed by atoms with Crippen molar-refractivity contribution in [2.24, 2.45) is 5.92 Å². The summed E-state index contributed by atoms with van der Waals surface area (Å²) >= 11 is 1.53. The third-order valence-corrected chi connectivity index (χ3v) is 3.10. The van der Waals surface area contributed by atoms with Crippen molar-refractivity contribution < 1.29 is 0 Å². The molecule has 0 radical (unpaired) electrons. The van der Waals surface area contributed by atoms with Gasteiger partial charge in [0, 0.05) is 12.6 Å². The van der Waals surface area contributed by atoms with Gasteiger partial charge in [-0.05, 0) is 25.5 Å². The Kier molecular flexibility index (Phi) is 3.48. The van der Waals surface area contributed by atoms with E-state index in [2.05, 4.69) is 32.5 Å². The Morgan fingerprint density at radius 3 is 2.56 bits per heavy atom. The van der Waals surface area contributed by atoms with Crippen LogP contribution in [0.4, 0.5) is 11.9 Å². The zero-order valence-corrected chi connectivity index (χ0v) is 10.6. The fraction of sp³-hybridized carbons (Fsp3) is 0.700. The number of nitrogens with zero attached hydrogens (tertiary/aromatic N) is 3. The van der Waals surface area contributed by atoms with Crippen LogP contribution in [-0.4, -0.2) is 33.8 Å². The fourth-order valence-electron chi connectivity index (χ4n) is 1.44. The second-order valence-corrected chi connectivity index (χ2v) is 4.74. The van der Waals surface area contributed by atoms with E-state index in [4.69, 9.17) is 0 Å². The van der Waals surface area contributed by atoms with Gasteiger partial charge in [0.1, 0.15) is 0 Å². The smallest absolute Gasteiger partial charge is 0.228 e. The molecule has 1 aliphatic rings. The first kappa shape index (κ1) is 11.4. The molecule has 1 saturated carbocycles. The number of anilines is 2. The van der Waals surface area contributed by atoms with Crippen LogP contribution in [0.5, 0.6) is 0 Å². The molecule has 0 spiro atoms. The molecule has 1 fully saturated rings. The van der Waals surface area contributed by atoms with Crippen LogP contribution in [0.1, 0.15) is 20.3 Å².